The van der Waals surface area contributed by atoms with Crippen LogP contribution in [0.15, 0.2) is 36.4 Å². The van der Waals surface area contributed by atoms with E-state index < -0.39 is 0 Å². The topological polar surface area (TPSA) is 42.2 Å². The first kappa shape index (κ1) is 13.0. The van der Waals surface area contributed by atoms with Crippen molar-refractivity contribution in [3.63, 3.8) is 0 Å². The second-order valence-corrected chi connectivity index (χ2v) is 4.27. The number of hydrogen-bond donors (Lipinski definition) is 0. The number of nitriles is 1. The highest BCUT2D eigenvalue weighted by Gasteiger charge is 2.09. The van der Waals surface area contributed by atoms with Crippen molar-refractivity contribution in [2.24, 2.45) is 0 Å². The number of benzene rings is 2. The average molecular weight is 253 g/mol. The Labute approximate surface area is 113 Å². The van der Waals surface area contributed by atoms with Gasteiger partial charge in [-0.15, -0.1) is 0 Å². The standard InChI is InChI=1S/C16H15NO2/c1-11-5-4-6-15(12(11)2)19-16-9-14(18-3)8-7-13(16)10-17/h4-9H,1-3H3. The van der Waals surface area contributed by atoms with Gasteiger partial charge in [-0.1, -0.05) is 12.1 Å². The van der Waals surface area contributed by atoms with Crippen LogP contribution in [0.3, 0.4) is 0 Å². The van der Waals surface area contributed by atoms with Crippen LogP contribution in [0.5, 0.6) is 17.2 Å². The average Bonchev–Trinajstić information content (AvgIpc) is 2.43. The highest BCUT2D eigenvalue weighted by Crippen LogP contribution is 2.31. The minimum Gasteiger partial charge on any atom is -0.497 e. The summed E-state index contributed by atoms with van der Waals surface area (Å²) in [6, 6.07) is 13.1. The molecule has 0 unspecified atom stereocenters. The number of nitrogens with zero attached hydrogens (tertiary/aromatic N) is 1. The Morgan fingerprint density at radius 2 is 1.84 bits per heavy atom. The Morgan fingerprint density at radius 1 is 1.05 bits per heavy atom. The zero-order chi connectivity index (χ0) is 13.8. The molecule has 0 amide bonds. The third-order valence-electron chi connectivity index (χ3n) is 3.08. The molecule has 0 aliphatic heterocycles. The Bertz CT molecular complexity index is 642. The highest BCUT2D eigenvalue weighted by atomic mass is 16.5. The molecule has 0 aliphatic carbocycles. The van der Waals surface area contributed by atoms with Crippen LogP contribution in [0.2, 0.25) is 0 Å². The second-order valence-electron chi connectivity index (χ2n) is 4.27. The van der Waals surface area contributed by atoms with E-state index in [9.17, 15) is 0 Å². The van der Waals surface area contributed by atoms with Gasteiger partial charge in [0, 0.05) is 6.07 Å². The summed E-state index contributed by atoms with van der Waals surface area (Å²) in [5, 5.41) is 9.11. The molecule has 3 nitrogen and oxygen atoms in total. The quantitative estimate of drug-likeness (QED) is 0.831. The first-order chi connectivity index (χ1) is 9.15. The molecule has 2 aromatic rings. The Hall–Kier alpha value is -2.47. The van der Waals surface area contributed by atoms with E-state index in [4.69, 9.17) is 14.7 Å². The van der Waals surface area contributed by atoms with Crippen molar-refractivity contribution >= 4 is 0 Å². The van der Waals surface area contributed by atoms with Crippen LogP contribution in [-0.4, -0.2) is 7.11 Å². The molecule has 2 aromatic carbocycles. The summed E-state index contributed by atoms with van der Waals surface area (Å²) in [5.41, 5.74) is 2.70. The van der Waals surface area contributed by atoms with Crippen molar-refractivity contribution < 1.29 is 9.47 Å². The molecule has 19 heavy (non-hydrogen) atoms. The van der Waals surface area contributed by atoms with Gasteiger partial charge in [-0.2, -0.15) is 5.26 Å². The summed E-state index contributed by atoms with van der Waals surface area (Å²) in [7, 11) is 1.59. The molecule has 0 N–H and O–H groups in total. The molecule has 0 saturated heterocycles. The molecule has 0 heterocycles. The molecular formula is C16H15NO2. The van der Waals surface area contributed by atoms with Gasteiger partial charge in [0.05, 0.1) is 12.7 Å². The summed E-state index contributed by atoms with van der Waals surface area (Å²) in [6.07, 6.45) is 0. The summed E-state index contributed by atoms with van der Waals surface area (Å²) in [5.74, 6) is 1.93. The first-order valence-corrected chi connectivity index (χ1v) is 5.98. The van der Waals surface area contributed by atoms with Crippen molar-refractivity contribution in [1.29, 1.82) is 5.26 Å². The predicted molar refractivity (Wildman–Crippen MR) is 73.7 cm³/mol. The molecule has 0 radical (unpaired) electrons. The lowest BCUT2D eigenvalue weighted by Gasteiger charge is -2.12. The van der Waals surface area contributed by atoms with Crippen LogP contribution in [0.25, 0.3) is 0 Å². The van der Waals surface area contributed by atoms with Crippen molar-refractivity contribution in [2.75, 3.05) is 7.11 Å². The number of aryl methyl sites for hydroxylation is 1. The lowest BCUT2D eigenvalue weighted by Crippen LogP contribution is -1.93. The molecule has 0 fully saturated rings. The maximum Gasteiger partial charge on any atom is 0.148 e. The molecule has 0 bridgehead atoms. The number of ether oxygens (including phenoxy) is 2. The van der Waals surface area contributed by atoms with E-state index in [0.29, 0.717) is 17.1 Å². The number of rotatable bonds is 3. The third-order valence-corrected chi connectivity index (χ3v) is 3.08. The zero-order valence-corrected chi connectivity index (χ0v) is 11.2. The van der Waals surface area contributed by atoms with E-state index in [1.165, 1.54) is 0 Å². The van der Waals surface area contributed by atoms with Gasteiger partial charge >= 0.3 is 0 Å². The lowest BCUT2D eigenvalue weighted by atomic mass is 10.1. The molecule has 0 spiro atoms. The van der Waals surface area contributed by atoms with E-state index >= 15 is 0 Å². The van der Waals surface area contributed by atoms with Crippen LogP contribution in [0, 0.1) is 25.2 Å². The van der Waals surface area contributed by atoms with Crippen LogP contribution in [-0.2, 0) is 0 Å². The Morgan fingerprint density at radius 3 is 2.53 bits per heavy atom. The Balaban J connectivity index is 2.42. The minimum absolute atomic E-state index is 0.488. The number of methoxy groups -OCH3 is 1. The SMILES string of the molecule is COc1ccc(C#N)c(Oc2cccc(C)c2C)c1. The highest BCUT2D eigenvalue weighted by molar-refractivity contribution is 5.50. The Kier molecular flexibility index (Phi) is 3.72. The molecule has 0 aromatic heterocycles. The fraction of sp³-hybridized carbons (Fsp3) is 0.188. The summed E-state index contributed by atoms with van der Waals surface area (Å²) >= 11 is 0. The van der Waals surface area contributed by atoms with Gasteiger partial charge in [0.2, 0.25) is 0 Å². The van der Waals surface area contributed by atoms with E-state index in [0.717, 1.165) is 16.9 Å². The maximum atomic E-state index is 9.11. The summed E-state index contributed by atoms with van der Waals surface area (Å²) in [4.78, 5) is 0. The van der Waals surface area contributed by atoms with Crippen LogP contribution >= 0.6 is 0 Å². The zero-order valence-electron chi connectivity index (χ0n) is 11.2. The van der Waals surface area contributed by atoms with Crippen molar-refractivity contribution in [2.45, 2.75) is 13.8 Å². The smallest absolute Gasteiger partial charge is 0.148 e. The summed E-state index contributed by atoms with van der Waals surface area (Å²) < 4.78 is 11.0. The first-order valence-electron chi connectivity index (χ1n) is 5.98. The lowest BCUT2D eigenvalue weighted by molar-refractivity contribution is 0.408. The van der Waals surface area contributed by atoms with Gasteiger partial charge in [-0.3, -0.25) is 0 Å². The van der Waals surface area contributed by atoms with E-state index in [1.807, 2.05) is 32.0 Å². The van der Waals surface area contributed by atoms with Gasteiger partial charge in [-0.05, 0) is 43.2 Å². The van der Waals surface area contributed by atoms with Gasteiger partial charge < -0.3 is 9.47 Å². The monoisotopic (exact) mass is 253 g/mol. The second kappa shape index (κ2) is 5.45. The van der Waals surface area contributed by atoms with Gasteiger partial charge in [0.1, 0.15) is 23.3 Å². The molecule has 0 saturated carbocycles. The molecule has 96 valence electrons. The molecule has 0 aliphatic rings. The van der Waals surface area contributed by atoms with E-state index in [-0.39, 0.29) is 0 Å². The third kappa shape index (κ3) is 2.69. The molecule has 3 heteroatoms. The molecule has 0 atom stereocenters. The fourth-order valence-corrected chi connectivity index (χ4v) is 1.76. The van der Waals surface area contributed by atoms with Gasteiger partial charge in [0.25, 0.3) is 0 Å². The van der Waals surface area contributed by atoms with E-state index in [2.05, 4.69) is 6.07 Å². The van der Waals surface area contributed by atoms with Crippen LogP contribution < -0.4 is 9.47 Å². The van der Waals surface area contributed by atoms with Crippen LogP contribution in [0.4, 0.5) is 0 Å². The maximum absolute atomic E-state index is 9.11. The normalized spacial score (nSPS) is 9.79. The predicted octanol–water partition coefficient (Wildman–Crippen LogP) is 3.98. The largest absolute Gasteiger partial charge is 0.497 e. The van der Waals surface area contributed by atoms with Crippen molar-refractivity contribution in [1.82, 2.24) is 0 Å². The van der Waals surface area contributed by atoms with Gasteiger partial charge in [0.15, 0.2) is 0 Å². The molecular weight excluding hydrogens is 238 g/mol. The van der Waals surface area contributed by atoms with Gasteiger partial charge in [-0.25, -0.2) is 0 Å². The molecule has 2 rings (SSSR count). The van der Waals surface area contributed by atoms with Crippen molar-refractivity contribution in [3.05, 3.63) is 53.1 Å². The fourth-order valence-electron chi connectivity index (χ4n) is 1.76. The van der Waals surface area contributed by atoms with Crippen molar-refractivity contribution in [3.8, 4) is 23.3 Å². The van der Waals surface area contributed by atoms with E-state index in [1.54, 1.807) is 25.3 Å². The summed E-state index contributed by atoms with van der Waals surface area (Å²) in [6.45, 7) is 4.02. The minimum atomic E-state index is 0.488. The van der Waals surface area contributed by atoms with Crippen LogP contribution in [0.1, 0.15) is 16.7 Å². The number of hydrogen-bond acceptors (Lipinski definition) is 3.